The lowest BCUT2D eigenvalue weighted by molar-refractivity contribution is 0.114. The van der Waals surface area contributed by atoms with Crippen LogP contribution in [0.25, 0.3) is 0 Å². The van der Waals surface area contributed by atoms with Gasteiger partial charge in [-0.05, 0) is 23.2 Å². The van der Waals surface area contributed by atoms with Gasteiger partial charge in [-0.2, -0.15) is 0 Å². The quantitative estimate of drug-likeness (QED) is 0.584. The highest BCUT2D eigenvalue weighted by atomic mass is 14.4. The van der Waals surface area contributed by atoms with Crippen molar-refractivity contribution in [3.05, 3.63) is 0 Å². The van der Waals surface area contributed by atoms with Crippen molar-refractivity contribution in [2.45, 2.75) is 67.7 Å². The Bertz CT molecular complexity index is 135. The molecule has 0 aromatic carbocycles. The molecule has 0 atom stereocenters. The highest BCUT2D eigenvalue weighted by Crippen LogP contribution is 2.41. The second-order valence-electron chi connectivity index (χ2n) is 6.42. The molecule has 0 rings (SSSR count). The summed E-state index contributed by atoms with van der Waals surface area (Å²) in [6, 6.07) is 0. The summed E-state index contributed by atoms with van der Waals surface area (Å²) in [5, 5.41) is 0. The first-order valence-corrected chi connectivity index (χ1v) is 5.67. The van der Waals surface area contributed by atoms with E-state index in [0.29, 0.717) is 10.8 Å². The molecule has 0 amide bonds. The second-order valence-corrected chi connectivity index (χ2v) is 6.42. The zero-order valence-electron chi connectivity index (χ0n) is 10.7. The van der Waals surface area contributed by atoms with E-state index < -0.39 is 0 Å². The molecule has 0 aliphatic rings. The minimum atomic E-state index is 0.435. The van der Waals surface area contributed by atoms with E-state index >= 15 is 0 Å². The molecule has 0 saturated heterocycles. The van der Waals surface area contributed by atoms with Crippen LogP contribution in [0.1, 0.15) is 67.7 Å². The minimum Gasteiger partial charge on any atom is -0.0628 e. The third kappa shape index (κ3) is 4.69. The van der Waals surface area contributed by atoms with Gasteiger partial charge in [0.2, 0.25) is 0 Å². The average Bonchev–Trinajstić information content (AvgIpc) is 1.82. The number of rotatable bonds is 4. The maximum absolute atomic E-state index is 2.40. The zero-order valence-corrected chi connectivity index (χ0v) is 10.7. The fraction of sp³-hybridized carbons (Fsp3) is 1.00. The lowest BCUT2D eigenvalue weighted by atomic mass is 9.66. The third-order valence-corrected chi connectivity index (χ3v) is 3.61. The first-order valence-electron chi connectivity index (χ1n) is 5.67. The Kier molecular flexibility index (Phi) is 4.48. The standard InChI is InChI=1S/C13H28/c1-11(2)9-8-10-13(6,7)12(3,4)5/h11H,8-10H2,1-7H3. The SMILES string of the molecule is CC(C)CCCC(C)(C)C(C)(C)C. The van der Waals surface area contributed by atoms with E-state index in [1.807, 2.05) is 0 Å². The van der Waals surface area contributed by atoms with Gasteiger partial charge in [0.25, 0.3) is 0 Å². The van der Waals surface area contributed by atoms with Crippen molar-refractivity contribution in [1.29, 1.82) is 0 Å². The van der Waals surface area contributed by atoms with Crippen LogP contribution in [-0.2, 0) is 0 Å². The maximum atomic E-state index is 2.40. The van der Waals surface area contributed by atoms with Crippen LogP contribution in [0, 0.1) is 16.7 Å². The molecule has 0 aliphatic carbocycles. The topological polar surface area (TPSA) is 0 Å². The van der Waals surface area contributed by atoms with Gasteiger partial charge in [-0.3, -0.25) is 0 Å². The minimum absolute atomic E-state index is 0.435. The first kappa shape index (κ1) is 13.0. The Morgan fingerprint density at radius 1 is 0.923 bits per heavy atom. The monoisotopic (exact) mass is 184 g/mol. The molecule has 0 heterocycles. The molecule has 0 heteroatoms. The predicted molar refractivity (Wildman–Crippen MR) is 61.9 cm³/mol. The van der Waals surface area contributed by atoms with Crippen molar-refractivity contribution in [2.24, 2.45) is 16.7 Å². The third-order valence-electron chi connectivity index (χ3n) is 3.61. The van der Waals surface area contributed by atoms with Gasteiger partial charge in [0.05, 0.1) is 0 Å². The van der Waals surface area contributed by atoms with Crippen LogP contribution in [0.4, 0.5) is 0 Å². The largest absolute Gasteiger partial charge is 0.0628 e. The van der Waals surface area contributed by atoms with Crippen molar-refractivity contribution >= 4 is 0 Å². The fourth-order valence-corrected chi connectivity index (χ4v) is 1.33. The van der Waals surface area contributed by atoms with Crippen molar-refractivity contribution < 1.29 is 0 Å². The molecule has 0 aromatic heterocycles. The predicted octanol–water partition coefficient (Wildman–Crippen LogP) is 4.89. The second kappa shape index (κ2) is 4.48. The van der Waals surface area contributed by atoms with E-state index in [2.05, 4.69) is 48.5 Å². The van der Waals surface area contributed by atoms with Crippen molar-refractivity contribution in [1.82, 2.24) is 0 Å². The van der Waals surface area contributed by atoms with Crippen LogP contribution < -0.4 is 0 Å². The van der Waals surface area contributed by atoms with Crippen LogP contribution in [0.2, 0.25) is 0 Å². The molecular formula is C13H28. The smallest absolute Gasteiger partial charge is 0.0306 e. The van der Waals surface area contributed by atoms with Gasteiger partial charge in [-0.1, -0.05) is 61.3 Å². The molecule has 0 aliphatic heterocycles. The molecule has 0 N–H and O–H groups in total. The van der Waals surface area contributed by atoms with Crippen LogP contribution in [0.3, 0.4) is 0 Å². The van der Waals surface area contributed by atoms with Gasteiger partial charge in [0.1, 0.15) is 0 Å². The molecule has 0 aromatic rings. The number of hydrogen-bond acceptors (Lipinski definition) is 0. The zero-order chi connectivity index (χ0) is 10.7. The van der Waals surface area contributed by atoms with Gasteiger partial charge in [0, 0.05) is 0 Å². The number of hydrogen-bond donors (Lipinski definition) is 0. The molecule has 80 valence electrons. The molecule has 0 bridgehead atoms. The summed E-state index contributed by atoms with van der Waals surface area (Å²) >= 11 is 0. The van der Waals surface area contributed by atoms with Gasteiger partial charge in [-0.15, -0.1) is 0 Å². The summed E-state index contributed by atoms with van der Waals surface area (Å²) in [6.07, 6.45) is 4.11. The lowest BCUT2D eigenvalue weighted by Crippen LogP contribution is -2.29. The van der Waals surface area contributed by atoms with Crippen molar-refractivity contribution in [3.63, 3.8) is 0 Å². The summed E-state index contributed by atoms with van der Waals surface area (Å²) in [4.78, 5) is 0. The fourth-order valence-electron chi connectivity index (χ4n) is 1.33. The molecule has 13 heavy (non-hydrogen) atoms. The van der Waals surface area contributed by atoms with Gasteiger partial charge in [0.15, 0.2) is 0 Å². The van der Waals surface area contributed by atoms with E-state index in [1.165, 1.54) is 19.3 Å². The Balaban J connectivity index is 3.90. The maximum Gasteiger partial charge on any atom is -0.0306 e. The van der Waals surface area contributed by atoms with E-state index in [4.69, 9.17) is 0 Å². The molecule has 0 unspecified atom stereocenters. The van der Waals surface area contributed by atoms with Crippen molar-refractivity contribution in [3.8, 4) is 0 Å². The molecule has 0 spiro atoms. The summed E-state index contributed by atoms with van der Waals surface area (Å²) in [7, 11) is 0. The van der Waals surface area contributed by atoms with E-state index in [-0.39, 0.29) is 0 Å². The van der Waals surface area contributed by atoms with Gasteiger partial charge in [-0.25, -0.2) is 0 Å². The molecule has 0 fully saturated rings. The van der Waals surface area contributed by atoms with Crippen LogP contribution >= 0.6 is 0 Å². The summed E-state index contributed by atoms with van der Waals surface area (Å²) in [5.74, 6) is 0.857. The lowest BCUT2D eigenvalue weighted by Gasteiger charge is -2.39. The van der Waals surface area contributed by atoms with Gasteiger partial charge >= 0.3 is 0 Å². The Morgan fingerprint density at radius 3 is 1.69 bits per heavy atom. The first-order chi connectivity index (χ1) is 5.67. The Labute approximate surface area is 85.1 Å². The Hall–Kier alpha value is 0. The van der Waals surface area contributed by atoms with Crippen LogP contribution in [0.5, 0.6) is 0 Å². The summed E-state index contributed by atoms with van der Waals surface area (Å²) < 4.78 is 0. The molecule has 0 radical (unpaired) electrons. The van der Waals surface area contributed by atoms with Crippen LogP contribution in [-0.4, -0.2) is 0 Å². The Morgan fingerprint density at radius 2 is 1.38 bits per heavy atom. The molecular weight excluding hydrogens is 156 g/mol. The van der Waals surface area contributed by atoms with E-state index in [1.54, 1.807) is 0 Å². The molecule has 0 saturated carbocycles. The normalized spacial score (nSPS) is 13.8. The van der Waals surface area contributed by atoms with E-state index in [9.17, 15) is 0 Å². The van der Waals surface area contributed by atoms with Gasteiger partial charge < -0.3 is 0 Å². The molecule has 0 nitrogen and oxygen atoms in total. The van der Waals surface area contributed by atoms with Crippen molar-refractivity contribution in [2.75, 3.05) is 0 Å². The summed E-state index contributed by atoms with van der Waals surface area (Å²) in [5.41, 5.74) is 0.909. The highest BCUT2D eigenvalue weighted by Gasteiger charge is 2.31. The summed E-state index contributed by atoms with van der Waals surface area (Å²) in [6.45, 7) is 16.5. The van der Waals surface area contributed by atoms with Crippen LogP contribution in [0.15, 0.2) is 0 Å². The highest BCUT2D eigenvalue weighted by molar-refractivity contribution is 4.82. The average molecular weight is 184 g/mol. The van der Waals surface area contributed by atoms with E-state index in [0.717, 1.165) is 5.92 Å².